The Morgan fingerprint density at radius 2 is 1.80 bits per heavy atom. The number of esters is 1. The monoisotopic (exact) mass is 271 g/mol. The van der Waals surface area contributed by atoms with Gasteiger partial charge in [0.15, 0.2) is 5.78 Å². The summed E-state index contributed by atoms with van der Waals surface area (Å²) in [6.07, 6.45) is 2.11. The highest BCUT2D eigenvalue weighted by Crippen LogP contribution is 2.14. The first-order chi connectivity index (χ1) is 9.61. The zero-order chi connectivity index (χ0) is 14.5. The molecule has 0 aliphatic heterocycles. The second kappa shape index (κ2) is 6.19. The van der Waals surface area contributed by atoms with Gasteiger partial charge in [-0.15, -0.1) is 0 Å². The Bertz CT molecular complexity index is 628. The maximum atomic E-state index is 11.5. The molecular weight excluding hydrogens is 254 g/mol. The summed E-state index contributed by atoms with van der Waals surface area (Å²) in [6.45, 7) is 2.11. The van der Waals surface area contributed by atoms with E-state index in [2.05, 4.69) is 0 Å². The molecule has 0 aliphatic carbocycles. The van der Waals surface area contributed by atoms with Gasteiger partial charge in [0.2, 0.25) is 0 Å². The number of benzene rings is 1. The highest BCUT2D eigenvalue weighted by Gasteiger charge is 2.10. The second-order valence-electron chi connectivity index (χ2n) is 4.60. The van der Waals surface area contributed by atoms with Gasteiger partial charge in [0, 0.05) is 19.7 Å². The number of ether oxygens (including phenoxy) is 1. The van der Waals surface area contributed by atoms with Crippen LogP contribution in [0.25, 0.3) is 0 Å². The highest BCUT2D eigenvalue weighted by molar-refractivity contribution is 5.92. The molecule has 0 amide bonds. The van der Waals surface area contributed by atoms with Crippen LogP contribution in [0.3, 0.4) is 0 Å². The number of Topliss-reactive ketones (excluding diaryl/α,β-unsaturated/α-hetero) is 1. The molecule has 0 N–H and O–H groups in total. The molecule has 0 saturated heterocycles. The first kappa shape index (κ1) is 14.1. The van der Waals surface area contributed by atoms with Crippen LogP contribution in [0.5, 0.6) is 0 Å². The van der Waals surface area contributed by atoms with Crippen molar-refractivity contribution < 1.29 is 14.3 Å². The van der Waals surface area contributed by atoms with Crippen LogP contribution in [-0.2, 0) is 22.5 Å². The van der Waals surface area contributed by atoms with E-state index in [4.69, 9.17) is 4.74 Å². The van der Waals surface area contributed by atoms with Crippen molar-refractivity contribution in [2.24, 2.45) is 0 Å². The smallest absolute Gasteiger partial charge is 0.309 e. The normalized spacial score (nSPS) is 10.3. The fourth-order valence-corrected chi connectivity index (χ4v) is 2.17. The molecule has 1 aromatic carbocycles. The molecule has 0 atom stereocenters. The zero-order valence-corrected chi connectivity index (χ0v) is 11.6. The molecule has 104 valence electrons. The fraction of sp³-hybridized carbons (Fsp3) is 0.250. The summed E-state index contributed by atoms with van der Waals surface area (Å²) in [5, 5.41) is 0. The third kappa shape index (κ3) is 3.15. The number of aromatic nitrogens is 1. The maximum absolute atomic E-state index is 11.5. The zero-order valence-electron chi connectivity index (χ0n) is 11.6. The summed E-state index contributed by atoms with van der Waals surface area (Å²) >= 11 is 0. The summed E-state index contributed by atoms with van der Waals surface area (Å²) in [5.74, 6) is -0.239. The summed E-state index contributed by atoms with van der Waals surface area (Å²) in [7, 11) is 1.38. The van der Waals surface area contributed by atoms with Crippen molar-refractivity contribution >= 4 is 11.8 Å². The van der Waals surface area contributed by atoms with Crippen molar-refractivity contribution in [1.29, 1.82) is 0 Å². The van der Waals surface area contributed by atoms with E-state index in [9.17, 15) is 9.59 Å². The fourth-order valence-electron chi connectivity index (χ4n) is 2.17. The van der Waals surface area contributed by atoms with Gasteiger partial charge in [-0.25, -0.2) is 0 Å². The largest absolute Gasteiger partial charge is 0.469 e. The molecule has 0 fully saturated rings. The standard InChI is InChI=1S/C16H17NO3/c1-12(18)15-8-5-9-17(15)11-14-7-4-3-6-13(14)10-16(19)20-2/h3-9H,10-11H2,1-2H3. The SMILES string of the molecule is COC(=O)Cc1ccccc1Cn1cccc1C(C)=O. The summed E-state index contributed by atoms with van der Waals surface area (Å²) in [4.78, 5) is 23.0. The van der Waals surface area contributed by atoms with Gasteiger partial charge in [0.05, 0.1) is 19.2 Å². The lowest BCUT2D eigenvalue weighted by Gasteiger charge is -2.11. The molecule has 0 saturated carbocycles. The molecule has 4 heteroatoms. The predicted molar refractivity (Wildman–Crippen MR) is 75.7 cm³/mol. The number of rotatable bonds is 5. The van der Waals surface area contributed by atoms with Crippen LogP contribution in [-0.4, -0.2) is 23.4 Å². The van der Waals surface area contributed by atoms with Gasteiger partial charge in [-0.3, -0.25) is 9.59 Å². The van der Waals surface area contributed by atoms with E-state index >= 15 is 0 Å². The van der Waals surface area contributed by atoms with Crippen molar-refractivity contribution in [2.45, 2.75) is 19.9 Å². The van der Waals surface area contributed by atoms with Crippen molar-refractivity contribution in [3.8, 4) is 0 Å². The molecule has 0 aliphatic rings. The third-order valence-corrected chi connectivity index (χ3v) is 3.21. The van der Waals surface area contributed by atoms with Gasteiger partial charge in [0.1, 0.15) is 0 Å². The van der Waals surface area contributed by atoms with Gasteiger partial charge in [-0.1, -0.05) is 24.3 Å². The van der Waals surface area contributed by atoms with E-state index in [-0.39, 0.29) is 18.2 Å². The molecular formula is C16H17NO3. The molecule has 4 nitrogen and oxygen atoms in total. The van der Waals surface area contributed by atoms with Gasteiger partial charge in [0.25, 0.3) is 0 Å². The van der Waals surface area contributed by atoms with Gasteiger partial charge >= 0.3 is 5.97 Å². The average molecular weight is 271 g/mol. The number of carbonyl (C=O) groups excluding carboxylic acids is 2. The highest BCUT2D eigenvalue weighted by atomic mass is 16.5. The number of methoxy groups -OCH3 is 1. The molecule has 2 aromatic rings. The minimum absolute atomic E-state index is 0.0282. The number of hydrogen-bond acceptors (Lipinski definition) is 3. The van der Waals surface area contributed by atoms with Crippen LogP contribution in [0.2, 0.25) is 0 Å². The van der Waals surface area contributed by atoms with Gasteiger partial charge in [-0.05, 0) is 23.3 Å². The van der Waals surface area contributed by atoms with E-state index in [0.717, 1.165) is 11.1 Å². The van der Waals surface area contributed by atoms with E-state index in [1.165, 1.54) is 7.11 Å². The Labute approximate surface area is 118 Å². The molecule has 1 heterocycles. The number of ketones is 1. The topological polar surface area (TPSA) is 48.3 Å². The molecule has 20 heavy (non-hydrogen) atoms. The Kier molecular flexibility index (Phi) is 4.35. The van der Waals surface area contributed by atoms with Crippen molar-refractivity contribution in [3.63, 3.8) is 0 Å². The van der Waals surface area contributed by atoms with E-state index in [1.807, 2.05) is 41.1 Å². The van der Waals surface area contributed by atoms with Gasteiger partial charge in [-0.2, -0.15) is 0 Å². The van der Waals surface area contributed by atoms with Crippen LogP contribution in [0.15, 0.2) is 42.6 Å². The van der Waals surface area contributed by atoms with Gasteiger partial charge < -0.3 is 9.30 Å². The van der Waals surface area contributed by atoms with Crippen LogP contribution in [0.1, 0.15) is 28.5 Å². The maximum Gasteiger partial charge on any atom is 0.309 e. The molecule has 0 bridgehead atoms. The van der Waals surface area contributed by atoms with Crippen LogP contribution < -0.4 is 0 Å². The minimum Gasteiger partial charge on any atom is -0.469 e. The summed E-state index contributed by atoms with van der Waals surface area (Å²) < 4.78 is 6.59. The van der Waals surface area contributed by atoms with Crippen LogP contribution >= 0.6 is 0 Å². The summed E-state index contributed by atoms with van der Waals surface area (Å²) in [5.41, 5.74) is 2.59. The van der Waals surface area contributed by atoms with E-state index in [1.54, 1.807) is 13.0 Å². The third-order valence-electron chi connectivity index (χ3n) is 3.21. The molecule has 0 spiro atoms. The Morgan fingerprint density at radius 1 is 1.10 bits per heavy atom. The Morgan fingerprint density at radius 3 is 2.45 bits per heavy atom. The van der Waals surface area contributed by atoms with E-state index in [0.29, 0.717) is 12.2 Å². The number of carbonyl (C=O) groups is 2. The molecule has 1 aromatic heterocycles. The predicted octanol–water partition coefficient (Wildman–Crippen LogP) is 2.45. The Hall–Kier alpha value is -2.36. The molecule has 2 rings (SSSR count). The van der Waals surface area contributed by atoms with Crippen molar-refractivity contribution in [2.75, 3.05) is 7.11 Å². The average Bonchev–Trinajstić information content (AvgIpc) is 2.89. The minimum atomic E-state index is -0.267. The number of nitrogens with zero attached hydrogens (tertiary/aromatic N) is 1. The summed E-state index contributed by atoms with van der Waals surface area (Å²) in [6, 6.07) is 11.3. The van der Waals surface area contributed by atoms with Crippen molar-refractivity contribution in [1.82, 2.24) is 4.57 Å². The lowest BCUT2D eigenvalue weighted by Crippen LogP contribution is -2.11. The first-order valence-electron chi connectivity index (χ1n) is 6.41. The first-order valence-corrected chi connectivity index (χ1v) is 6.41. The lowest BCUT2D eigenvalue weighted by molar-refractivity contribution is -0.139. The molecule has 0 unspecified atom stereocenters. The Balaban J connectivity index is 2.27. The van der Waals surface area contributed by atoms with Crippen LogP contribution in [0, 0.1) is 0 Å². The lowest BCUT2D eigenvalue weighted by atomic mass is 10.0. The van der Waals surface area contributed by atoms with E-state index < -0.39 is 0 Å². The second-order valence-corrected chi connectivity index (χ2v) is 4.60. The van der Waals surface area contributed by atoms with Crippen LogP contribution in [0.4, 0.5) is 0 Å². The quantitative estimate of drug-likeness (QED) is 0.620. The number of hydrogen-bond donors (Lipinski definition) is 0. The molecule has 0 radical (unpaired) electrons. The van der Waals surface area contributed by atoms with Crippen molar-refractivity contribution in [3.05, 3.63) is 59.4 Å².